The fourth-order valence-corrected chi connectivity index (χ4v) is 3.71. The molecule has 0 aliphatic rings. The lowest BCUT2D eigenvalue weighted by Crippen LogP contribution is -2.25. The minimum atomic E-state index is -0.287. The van der Waals surface area contributed by atoms with Gasteiger partial charge in [0.25, 0.3) is 5.91 Å². The largest absolute Gasteiger partial charge is 0.345 e. The molecule has 3 nitrogen and oxygen atoms in total. The second kappa shape index (κ2) is 6.26. The monoisotopic (exact) mass is 350 g/mol. The van der Waals surface area contributed by atoms with E-state index in [0.29, 0.717) is 4.88 Å². The van der Waals surface area contributed by atoms with Gasteiger partial charge in [0.15, 0.2) is 0 Å². The van der Waals surface area contributed by atoms with Crippen LogP contribution in [0.3, 0.4) is 0 Å². The van der Waals surface area contributed by atoms with E-state index in [1.54, 1.807) is 12.1 Å². The van der Waals surface area contributed by atoms with Crippen LogP contribution in [0, 0.1) is 5.82 Å². The molecule has 124 valence electrons. The van der Waals surface area contributed by atoms with Gasteiger partial charge in [-0.25, -0.2) is 9.37 Å². The number of rotatable bonds is 3. The van der Waals surface area contributed by atoms with Crippen LogP contribution < -0.4 is 5.32 Å². The molecule has 0 saturated heterocycles. The highest BCUT2D eigenvalue weighted by Gasteiger charge is 2.15. The number of carbonyl (C=O) groups is 1. The Labute approximate surface area is 148 Å². The Morgan fingerprint density at radius 3 is 2.64 bits per heavy atom. The van der Waals surface area contributed by atoms with Gasteiger partial charge >= 0.3 is 0 Å². The molecule has 2 aromatic carbocycles. The number of halogens is 1. The molecule has 1 N–H and O–H groups in total. The molecule has 0 aliphatic carbocycles. The Morgan fingerprint density at radius 1 is 1.08 bits per heavy atom. The van der Waals surface area contributed by atoms with Crippen LogP contribution in [0.15, 0.2) is 60.7 Å². The minimum absolute atomic E-state index is 0.149. The van der Waals surface area contributed by atoms with Crippen molar-refractivity contribution in [3.05, 3.63) is 76.9 Å². The molecule has 25 heavy (non-hydrogen) atoms. The molecule has 4 rings (SSSR count). The number of nitrogens with one attached hydrogen (secondary N) is 1. The van der Waals surface area contributed by atoms with Crippen LogP contribution in [0.1, 0.15) is 28.2 Å². The zero-order valence-electron chi connectivity index (χ0n) is 13.5. The van der Waals surface area contributed by atoms with E-state index in [4.69, 9.17) is 0 Å². The van der Waals surface area contributed by atoms with Gasteiger partial charge in [-0.2, -0.15) is 0 Å². The molecule has 0 spiro atoms. The fourth-order valence-electron chi connectivity index (χ4n) is 2.79. The van der Waals surface area contributed by atoms with E-state index in [2.05, 4.69) is 10.3 Å². The van der Waals surface area contributed by atoms with Gasteiger partial charge in [0.05, 0.1) is 16.4 Å². The van der Waals surface area contributed by atoms with Crippen LogP contribution in [0.2, 0.25) is 0 Å². The van der Waals surface area contributed by atoms with Crippen molar-refractivity contribution in [3.63, 3.8) is 0 Å². The van der Waals surface area contributed by atoms with Crippen LogP contribution in [0.25, 0.3) is 21.1 Å². The first kappa shape index (κ1) is 15.7. The quantitative estimate of drug-likeness (QED) is 0.560. The average molecular weight is 350 g/mol. The smallest absolute Gasteiger partial charge is 0.261 e. The third-order valence-electron chi connectivity index (χ3n) is 4.15. The molecule has 0 saturated carbocycles. The standard InChI is InChI=1S/C20H15FN2OS/c1-12(13-6-8-16(21)9-7-13)22-19(24)18-11-15-10-14-4-2-3-5-17(14)23-20(15)25-18/h2-12H,1H3,(H,22,24)/t12-/m0/s1. The van der Waals surface area contributed by atoms with Crippen LogP contribution in [-0.2, 0) is 0 Å². The molecule has 2 aromatic heterocycles. The highest BCUT2D eigenvalue weighted by molar-refractivity contribution is 7.20. The van der Waals surface area contributed by atoms with Gasteiger partial charge in [-0.1, -0.05) is 30.3 Å². The third kappa shape index (κ3) is 3.10. The van der Waals surface area contributed by atoms with E-state index in [0.717, 1.165) is 26.7 Å². The molecule has 0 radical (unpaired) electrons. The number of hydrogen-bond donors (Lipinski definition) is 1. The van der Waals surface area contributed by atoms with Crippen molar-refractivity contribution in [2.45, 2.75) is 13.0 Å². The highest BCUT2D eigenvalue weighted by atomic mass is 32.1. The lowest BCUT2D eigenvalue weighted by Gasteiger charge is -2.13. The van der Waals surface area contributed by atoms with E-state index >= 15 is 0 Å². The van der Waals surface area contributed by atoms with Gasteiger partial charge in [-0.05, 0) is 42.8 Å². The summed E-state index contributed by atoms with van der Waals surface area (Å²) in [5.41, 5.74) is 1.78. The van der Waals surface area contributed by atoms with Crippen molar-refractivity contribution in [3.8, 4) is 0 Å². The number of fused-ring (bicyclic) bond motifs is 2. The summed E-state index contributed by atoms with van der Waals surface area (Å²) in [6, 6.07) is 17.8. The average Bonchev–Trinajstić information content (AvgIpc) is 3.03. The van der Waals surface area contributed by atoms with Gasteiger partial charge in [-0.3, -0.25) is 4.79 Å². The van der Waals surface area contributed by atoms with Gasteiger partial charge in [0.2, 0.25) is 0 Å². The lowest BCUT2D eigenvalue weighted by molar-refractivity contribution is 0.0944. The molecule has 4 aromatic rings. The Kier molecular flexibility index (Phi) is 3.93. The number of para-hydroxylation sites is 1. The number of hydrogen-bond acceptors (Lipinski definition) is 3. The second-order valence-electron chi connectivity index (χ2n) is 5.93. The first-order chi connectivity index (χ1) is 12.1. The summed E-state index contributed by atoms with van der Waals surface area (Å²) in [6.07, 6.45) is 0. The van der Waals surface area contributed by atoms with Crippen molar-refractivity contribution < 1.29 is 9.18 Å². The zero-order valence-corrected chi connectivity index (χ0v) is 14.3. The zero-order chi connectivity index (χ0) is 17.4. The van der Waals surface area contributed by atoms with Crippen molar-refractivity contribution in [1.29, 1.82) is 0 Å². The molecule has 0 fully saturated rings. The summed E-state index contributed by atoms with van der Waals surface area (Å²) in [4.78, 5) is 18.6. The first-order valence-corrected chi connectivity index (χ1v) is 8.77. The number of amides is 1. The number of pyridine rings is 1. The minimum Gasteiger partial charge on any atom is -0.345 e. The van der Waals surface area contributed by atoms with E-state index in [1.807, 2.05) is 43.3 Å². The van der Waals surface area contributed by atoms with Crippen molar-refractivity contribution >= 4 is 38.4 Å². The molecular formula is C20H15FN2OS. The van der Waals surface area contributed by atoms with Crippen LogP contribution >= 0.6 is 11.3 Å². The molecular weight excluding hydrogens is 335 g/mol. The van der Waals surface area contributed by atoms with Gasteiger partial charge in [0, 0.05) is 10.8 Å². The van der Waals surface area contributed by atoms with E-state index in [-0.39, 0.29) is 17.8 Å². The third-order valence-corrected chi connectivity index (χ3v) is 5.19. The summed E-state index contributed by atoms with van der Waals surface area (Å²) >= 11 is 1.38. The summed E-state index contributed by atoms with van der Waals surface area (Å²) in [5.74, 6) is -0.436. The van der Waals surface area contributed by atoms with Crippen LogP contribution in [-0.4, -0.2) is 10.9 Å². The second-order valence-corrected chi connectivity index (χ2v) is 6.96. The highest BCUT2D eigenvalue weighted by Crippen LogP contribution is 2.27. The lowest BCUT2D eigenvalue weighted by atomic mass is 10.1. The van der Waals surface area contributed by atoms with Crippen molar-refractivity contribution in [2.24, 2.45) is 0 Å². The first-order valence-electron chi connectivity index (χ1n) is 7.96. The summed E-state index contributed by atoms with van der Waals surface area (Å²) in [6.45, 7) is 1.88. The SMILES string of the molecule is C[C@H](NC(=O)c1cc2cc3ccccc3nc2s1)c1ccc(F)cc1. The molecule has 2 heterocycles. The van der Waals surface area contributed by atoms with E-state index < -0.39 is 0 Å². The maximum absolute atomic E-state index is 13.0. The van der Waals surface area contributed by atoms with Crippen LogP contribution in [0.4, 0.5) is 4.39 Å². The van der Waals surface area contributed by atoms with Gasteiger partial charge in [0.1, 0.15) is 10.6 Å². The van der Waals surface area contributed by atoms with E-state index in [1.165, 1.54) is 23.5 Å². The van der Waals surface area contributed by atoms with Crippen LogP contribution in [0.5, 0.6) is 0 Å². The molecule has 5 heteroatoms. The normalized spacial score (nSPS) is 12.4. The van der Waals surface area contributed by atoms with Gasteiger partial charge in [-0.15, -0.1) is 11.3 Å². The summed E-state index contributed by atoms with van der Waals surface area (Å²) in [7, 11) is 0. The van der Waals surface area contributed by atoms with Crippen molar-refractivity contribution in [1.82, 2.24) is 10.3 Å². The predicted molar refractivity (Wildman–Crippen MR) is 99.4 cm³/mol. The molecule has 0 unspecified atom stereocenters. The molecule has 0 bridgehead atoms. The number of carbonyl (C=O) groups excluding carboxylic acids is 1. The Balaban J connectivity index is 1.61. The summed E-state index contributed by atoms with van der Waals surface area (Å²) < 4.78 is 13.0. The molecule has 1 atom stereocenters. The Hall–Kier alpha value is -2.79. The maximum Gasteiger partial charge on any atom is 0.261 e. The Morgan fingerprint density at radius 2 is 1.84 bits per heavy atom. The van der Waals surface area contributed by atoms with Gasteiger partial charge < -0.3 is 5.32 Å². The molecule has 0 aliphatic heterocycles. The number of thiophene rings is 1. The predicted octanol–water partition coefficient (Wildman–Crippen LogP) is 5.08. The summed E-state index contributed by atoms with van der Waals surface area (Å²) in [5, 5.41) is 4.97. The maximum atomic E-state index is 13.0. The van der Waals surface area contributed by atoms with E-state index in [9.17, 15) is 9.18 Å². The number of aromatic nitrogens is 1. The van der Waals surface area contributed by atoms with Crippen molar-refractivity contribution in [2.75, 3.05) is 0 Å². The Bertz CT molecular complexity index is 1020. The fraction of sp³-hybridized carbons (Fsp3) is 0.100. The molecule has 1 amide bonds. The number of nitrogens with zero attached hydrogens (tertiary/aromatic N) is 1. The topological polar surface area (TPSA) is 42.0 Å². The number of benzene rings is 2.